The van der Waals surface area contributed by atoms with Crippen LogP contribution in [0, 0.1) is 0 Å². The molecule has 2 atom stereocenters. The zero-order chi connectivity index (χ0) is 16.5. The molecule has 0 aromatic rings. The predicted octanol–water partition coefficient (Wildman–Crippen LogP) is 1.45. The summed E-state index contributed by atoms with van der Waals surface area (Å²) < 4.78 is 43.4. The first-order chi connectivity index (χ1) is 10.1. The summed E-state index contributed by atoms with van der Waals surface area (Å²) in [5, 5.41) is 3.06. The molecule has 0 bridgehead atoms. The van der Waals surface area contributed by atoms with Crippen LogP contribution in [0.5, 0.6) is 0 Å². The number of rotatable bonds is 3. The fraction of sp³-hybridized carbons (Fsp3) is 0.643. The Morgan fingerprint density at radius 1 is 1.36 bits per heavy atom. The number of allylic oxidation sites excluding steroid dienone is 2. The molecule has 2 aliphatic rings. The fourth-order valence-corrected chi connectivity index (χ4v) is 2.83. The van der Waals surface area contributed by atoms with E-state index >= 15 is 0 Å². The van der Waals surface area contributed by atoms with Crippen molar-refractivity contribution in [3.8, 4) is 0 Å². The number of carbonyl (C=O) groups is 1. The summed E-state index contributed by atoms with van der Waals surface area (Å²) in [4.78, 5) is 11.1. The number of alkyl halides is 3. The van der Waals surface area contributed by atoms with Gasteiger partial charge in [-0.15, -0.1) is 0 Å². The maximum atomic E-state index is 12.7. The van der Waals surface area contributed by atoms with Crippen molar-refractivity contribution >= 4 is 5.97 Å². The normalized spacial score (nSPS) is 27.9. The highest BCUT2D eigenvalue weighted by atomic mass is 19.4. The summed E-state index contributed by atoms with van der Waals surface area (Å²) in [6.45, 7) is 1.32. The summed E-state index contributed by atoms with van der Waals surface area (Å²) in [6, 6.07) is -0.192. The maximum Gasteiger partial charge on any atom is 0.412 e. The highest BCUT2D eigenvalue weighted by Crippen LogP contribution is 2.35. The Morgan fingerprint density at radius 3 is 2.59 bits per heavy atom. The third kappa shape index (κ3) is 3.80. The molecule has 0 aromatic carbocycles. The first kappa shape index (κ1) is 16.8. The van der Waals surface area contributed by atoms with Gasteiger partial charge in [-0.3, -0.25) is 4.79 Å². The minimum Gasteiger partial charge on any atom is -0.460 e. The van der Waals surface area contributed by atoms with E-state index in [0.29, 0.717) is 12.1 Å². The highest BCUT2D eigenvalue weighted by Gasteiger charge is 2.42. The number of esters is 1. The molecule has 0 aromatic heterocycles. The monoisotopic (exact) mass is 319 g/mol. The van der Waals surface area contributed by atoms with Crippen molar-refractivity contribution < 1.29 is 22.7 Å². The number of ether oxygens (including phenoxy) is 1. The highest BCUT2D eigenvalue weighted by molar-refractivity contribution is 5.66. The Kier molecular flexibility index (Phi) is 4.53. The fourth-order valence-electron chi connectivity index (χ4n) is 2.83. The van der Waals surface area contributed by atoms with E-state index in [2.05, 4.69) is 5.32 Å². The molecule has 1 saturated carbocycles. The smallest absolute Gasteiger partial charge is 0.412 e. The number of hydrogen-bond donors (Lipinski definition) is 3. The Morgan fingerprint density at radius 2 is 2.05 bits per heavy atom. The van der Waals surface area contributed by atoms with Crippen molar-refractivity contribution in [2.75, 3.05) is 0 Å². The third-order valence-electron chi connectivity index (χ3n) is 3.91. The van der Waals surface area contributed by atoms with Crippen molar-refractivity contribution in [2.24, 2.45) is 11.5 Å². The number of nitrogens with one attached hydrogen (secondary N) is 1. The van der Waals surface area contributed by atoms with Gasteiger partial charge in [0.15, 0.2) is 0 Å². The molecule has 0 heterocycles. The van der Waals surface area contributed by atoms with Crippen LogP contribution in [0.3, 0.4) is 0 Å². The standard InChI is InChI=1S/C14H20F3N3O2/c1-8(21)22-11-4-2-3-10(11)20-12-6-5-9(14(15,16)17)7-13(12,18)19/h5-6,10-11,20H,2-4,7,18-19H2,1H3/t10-,11-/m1/s1. The van der Waals surface area contributed by atoms with Gasteiger partial charge in [0.25, 0.3) is 0 Å². The lowest BCUT2D eigenvalue weighted by molar-refractivity contribution is -0.146. The van der Waals surface area contributed by atoms with Crippen molar-refractivity contribution in [1.82, 2.24) is 5.32 Å². The Labute approximate surface area is 126 Å². The van der Waals surface area contributed by atoms with E-state index in [-0.39, 0.29) is 18.1 Å². The average molecular weight is 319 g/mol. The zero-order valence-corrected chi connectivity index (χ0v) is 12.2. The first-order valence-electron chi connectivity index (χ1n) is 7.09. The first-order valence-corrected chi connectivity index (χ1v) is 7.09. The summed E-state index contributed by atoms with van der Waals surface area (Å²) in [7, 11) is 0. The van der Waals surface area contributed by atoms with E-state index in [4.69, 9.17) is 16.2 Å². The maximum absolute atomic E-state index is 12.7. The molecule has 124 valence electrons. The van der Waals surface area contributed by atoms with Crippen molar-refractivity contribution in [3.63, 3.8) is 0 Å². The molecule has 0 spiro atoms. The molecule has 0 unspecified atom stereocenters. The molecule has 0 aliphatic heterocycles. The minimum absolute atomic E-state index is 0.192. The Bertz CT molecular complexity index is 512. The SMILES string of the molecule is CC(=O)O[C@@H]1CCC[C@H]1NC1=CC=C(C(F)(F)F)CC1(N)N. The molecule has 5 N–H and O–H groups in total. The minimum atomic E-state index is -4.44. The molecule has 2 aliphatic carbocycles. The number of halogens is 3. The molecule has 0 saturated heterocycles. The van der Waals surface area contributed by atoms with E-state index in [1.807, 2.05) is 0 Å². The van der Waals surface area contributed by atoms with Crippen LogP contribution in [0.1, 0.15) is 32.6 Å². The molecular weight excluding hydrogens is 299 g/mol. The van der Waals surface area contributed by atoms with Crippen LogP contribution in [0.15, 0.2) is 23.4 Å². The number of hydrogen-bond acceptors (Lipinski definition) is 5. The Hall–Kier alpha value is -1.54. The largest absolute Gasteiger partial charge is 0.460 e. The predicted molar refractivity (Wildman–Crippen MR) is 74.3 cm³/mol. The molecular formula is C14H20F3N3O2. The van der Waals surface area contributed by atoms with Crippen LogP contribution in [0.25, 0.3) is 0 Å². The van der Waals surface area contributed by atoms with Gasteiger partial charge in [0.05, 0.1) is 6.04 Å². The van der Waals surface area contributed by atoms with Gasteiger partial charge in [-0.2, -0.15) is 13.2 Å². The van der Waals surface area contributed by atoms with Gasteiger partial charge in [0.1, 0.15) is 11.8 Å². The molecule has 0 radical (unpaired) electrons. The van der Waals surface area contributed by atoms with E-state index < -0.39 is 23.8 Å². The van der Waals surface area contributed by atoms with Gasteiger partial charge >= 0.3 is 12.1 Å². The van der Waals surface area contributed by atoms with E-state index in [1.54, 1.807) is 0 Å². The van der Waals surface area contributed by atoms with Gasteiger partial charge in [-0.1, -0.05) is 6.08 Å². The second-order valence-electron chi connectivity index (χ2n) is 5.82. The Balaban J connectivity index is 2.13. The second kappa shape index (κ2) is 5.92. The zero-order valence-electron chi connectivity index (χ0n) is 12.2. The summed E-state index contributed by atoms with van der Waals surface area (Å²) in [6.07, 6.45) is -0.722. The van der Waals surface area contributed by atoms with Crippen LogP contribution < -0.4 is 16.8 Å². The van der Waals surface area contributed by atoms with E-state index in [1.165, 1.54) is 13.0 Å². The molecule has 8 heteroatoms. The van der Waals surface area contributed by atoms with Crippen molar-refractivity contribution in [3.05, 3.63) is 23.4 Å². The summed E-state index contributed by atoms with van der Waals surface area (Å²) in [5.74, 6) is -0.387. The number of nitrogens with two attached hydrogens (primary N) is 2. The molecule has 5 nitrogen and oxygen atoms in total. The third-order valence-corrected chi connectivity index (χ3v) is 3.91. The van der Waals surface area contributed by atoms with Crippen LogP contribution in [-0.4, -0.2) is 30.0 Å². The van der Waals surface area contributed by atoms with Crippen LogP contribution in [-0.2, 0) is 9.53 Å². The van der Waals surface area contributed by atoms with Crippen molar-refractivity contribution in [1.29, 1.82) is 0 Å². The van der Waals surface area contributed by atoms with Crippen LogP contribution in [0.4, 0.5) is 13.2 Å². The summed E-state index contributed by atoms with van der Waals surface area (Å²) in [5.41, 5.74) is 9.61. The molecule has 0 amide bonds. The van der Waals surface area contributed by atoms with Gasteiger partial charge in [-0.05, 0) is 25.3 Å². The van der Waals surface area contributed by atoms with Crippen molar-refractivity contribution in [2.45, 2.75) is 56.6 Å². The van der Waals surface area contributed by atoms with E-state index in [9.17, 15) is 18.0 Å². The van der Waals surface area contributed by atoms with Crippen LogP contribution >= 0.6 is 0 Å². The quantitative estimate of drug-likeness (QED) is 0.541. The lowest BCUT2D eigenvalue weighted by atomic mass is 9.91. The molecule has 1 fully saturated rings. The second-order valence-corrected chi connectivity index (χ2v) is 5.82. The number of carbonyl (C=O) groups excluding carboxylic acids is 1. The van der Waals surface area contributed by atoms with Gasteiger partial charge in [0.2, 0.25) is 0 Å². The molecule has 22 heavy (non-hydrogen) atoms. The molecule has 2 rings (SSSR count). The lowest BCUT2D eigenvalue weighted by Crippen LogP contribution is -2.58. The van der Waals surface area contributed by atoms with Gasteiger partial charge < -0.3 is 21.5 Å². The van der Waals surface area contributed by atoms with E-state index in [0.717, 1.165) is 18.9 Å². The van der Waals surface area contributed by atoms with Gasteiger partial charge in [-0.25, -0.2) is 0 Å². The van der Waals surface area contributed by atoms with Gasteiger partial charge in [0, 0.05) is 24.6 Å². The topological polar surface area (TPSA) is 90.4 Å². The lowest BCUT2D eigenvalue weighted by Gasteiger charge is -2.35. The summed E-state index contributed by atoms with van der Waals surface area (Å²) >= 11 is 0. The van der Waals surface area contributed by atoms with Crippen LogP contribution in [0.2, 0.25) is 0 Å². The average Bonchev–Trinajstić information content (AvgIpc) is 2.76.